The van der Waals surface area contributed by atoms with Gasteiger partial charge in [-0.1, -0.05) is 6.07 Å². The first-order valence-electron chi connectivity index (χ1n) is 5.97. The van der Waals surface area contributed by atoms with E-state index in [1.807, 2.05) is 0 Å². The Morgan fingerprint density at radius 3 is 2.15 bits per heavy atom. The standard InChI is InChI=1S/C15H15NO4/c1-18-11-7-4-8-12(19-2)13(11)14(17)10-6-5-9-16-15(10)20-3/h4-9H,1-3H3. The number of aromatic nitrogens is 1. The molecule has 2 aromatic rings. The van der Waals surface area contributed by atoms with Gasteiger partial charge in [-0.3, -0.25) is 4.79 Å². The van der Waals surface area contributed by atoms with Crippen molar-refractivity contribution < 1.29 is 19.0 Å². The van der Waals surface area contributed by atoms with Gasteiger partial charge in [0.25, 0.3) is 0 Å². The number of carbonyl (C=O) groups is 1. The van der Waals surface area contributed by atoms with Crippen LogP contribution in [0.15, 0.2) is 36.5 Å². The van der Waals surface area contributed by atoms with Gasteiger partial charge in [-0.2, -0.15) is 0 Å². The molecule has 1 aromatic carbocycles. The Bertz CT molecular complexity index is 603. The van der Waals surface area contributed by atoms with E-state index in [2.05, 4.69) is 4.98 Å². The molecule has 0 N–H and O–H groups in total. The number of carbonyl (C=O) groups excluding carboxylic acids is 1. The van der Waals surface area contributed by atoms with E-state index in [0.717, 1.165) is 0 Å². The third-order valence-corrected chi connectivity index (χ3v) is 2.86. The van der Waals surface area contributed by atoms with Crippen LogP contribution in [0.1, 0.15) is 15.9 Å². The molecule has 0 radical (unpaired) electrons. The Balaban J connectivity index is 2.58. The van der Waals surface area contributed by atoms with E-state index >= 15 is 0 Å². The van der Waals surface area contributed by atoms with Crippen LogP contribution in [0.3, 0.4) is 0 Å². The highest BCUT2D eigenvalue weighted by atomic mass is 16.5. The van der Waals surface area contributed by atoms with Crippen LogP contribution in [0.5, 0.6) is 17.4 Å². The van der Waals surface area contributed by atoms with Crippen LogP contribution in [0, 0.1) is 0 Å². The molecule has 0 saturated carbocycles. The van der Waals surface area contributed by atoms with E-state index in [0.29, 0.717) is 22.6 Å². The maximum Gasteiger partial charge on any atom is 0.224 e. The molecule has 0 unspecified atom stereocenters. The van der Waals surface area contributed by atoms with Crippen molar-refractivity contribution in [1.29, 1.82) is 0 Å². The fraction of sp³-hybridized carbons (Fsp3) is 0.200. The highest BCUT2D eigenvalue weighted by Gasteiger charge is 2.22. The highest BCUT2D eigenvalue weighted by Crippen LogP contribution is 2.32. The molecule has 1 heterocycles. The van der Waals surface area contributed by atoms with E-state index in [4.69, 9.17) is 14.2 Å². The normalized spacial score (nSPS) is 9.95. The minimum atomic E-state index is -0.260. The lowest BCUT2D eigenvalue weighted by Crippen LogP contribution is -2.08. The summed E-state index contributed by atoms with van der Waals surface area (Å²) in [7, 11) is 4.48. The molecule has 0 aliphatic rings. The second kappa shape index (κ2) is 6.06. The summed E-state index contributed by atoms with van der Waals surface area (Å²) in [5.41, 5.74) is 0.710. The molecule has 1 aromatic heterocycles. The molecule has 0 aliphatic heterocycles. The first-order chi connectivity index (χ1) is 9.72. The molecule has 0 spiro atoms. The molecule has 5 nitrogen and oxygen atoms in total. The Hall–Kier alpha value is -2.56. The van der Waals surface area contributed by atoms with E-state index in [-0.39, 0.29) is 11.7 Å². The molecule has 0 bridgehead atoms. The summed E-state index contributed by atoms with van der Waals surface area (Å²) < 4.78 is 15.6. The molecule has 0 saturated heterocycles. The zero-order chi connectivity index (χ0) is 14.5. The quantitative estimate of drug-likeness (QED) is 0.783. The highest BCUT2D eigenvalue weighted by molar-refractivity contribution is 6.13. The summed E-state index contributed by atoms with van der Waals surface area (Å²) in [6, 6.07) is 8.50. The van der Waals surface area contributed by atoms with Gasteiger partial charge in [-0.05, 0) is 24.3 Å². The van der Waals surface area contributed by atoms with Crippen LogP contribution < -0.4 is 14.2 Å². The van der Waals surface area contributed by atoms with E-state index in [1.165, 1.54) is 21.3 Å². The molecule has 20 heavy (non-hydrogen) atoms. The van der Waals surface area contributed by atoms with Crippen molar-refractivity contribution >= 4 is 5.78 Å². The number of hydrogen-bond acceptors (Lipinski definition) is 5. The maximum atomic E-state index is 12.7. The van der Waals surface area contributed by atoms with Gasteiger partial charge in [-0.15, -0.1) is 0 Å². The molecule has 104 valence electrons. The largest absolute Gasteiger partial charge is 0.496 e. The third-order valence-electron chi connectivity index (χ3n) is 2.86. The average molecular weight is 273 g/mol. The molecular formula is C15H15NO4. The third kappa shape index (κ3) is 2.42. The van der Waals surface area contributed by atoms with Gasteiger partial charge in [0, 0.05) is 6.20 Å². The fourth-order valence-corrected chi connectivity index (χ4v) is 1.94. The van der Waals surface area contributed by atoms with Gasteiger partial charge in [0.15, 0.2) is 0 Å². The molecule has 2 rings (SSSR count). The smallest absolute Gasteiger partial charge is 0.224 e. The molecule has 0 atom stereocenters. The van der Waals surface area contributed by atoms with Gasteiger partial charge in [0.2, 0.25) is 11.7 Å². The SMILES string of the molecule is COc1cccc(OC)c1C(=O)c1cccnc1OC. The Labute approximate surface area is 117 Å². The van der Waals surface area contributed by atoms with Crippen molar-refractivity contribution in [3.05, 3.63) is 47.7 Å². The lowest BCUT2D eigenvalue weighted by Gasteiger charge is -2.13. The topological polar surface area (TPSA) is 57.7 Å². The number of methoxy groups -OCH3 is 3. The van der Waals surface area contributed by atoms with E-state index < -0.39 is 0 Å². The Kier molecular flexibility index (Phi) is 4.20. The van der Waals surface area contributed by atoms with Crippen molar-refractivity contribution in [2.24, 2.45) is 0 Å². The van der Waals surface area contributed by atoms with Crippen molar-refractivity contribution in [1.82, 2.24) is 4.98 Å². The van der Waals surface area contributed by atoms with Crippen LogP contribution in [0.4, 0.5) is 0 Å². The van der Waals surface area contributed by atoms with Gasteiger partial charge < -0.3 is 14.2 Å². The van der Waals surface area contributed by atoms with Crippen LogP contribution in [0.2, 0.25) is 0 Å². The Morgan fingerprint density at radius 2 is 1.60 bits per heavy atom. The Morgan fingerprint density at radius 1 is 0.950 bits per heavy atom. The summed E-state index contributed by atoms with van der Waals surface area (Å²) in [5.74, 6) is 0.898. The lowest BCUT2D eigenvalue weighted by molar-refractivity contribution is 0.102. The van der Waals surface area contributed by atoms with Crippen molar-refractivity contribution in [2.45, 2.75) is 0 Å². The lowest BCUT2D eigenvalue weighted by atomic mass is 10.0. The minimum Gasteiger partial charge on any atom is -0.496 e. The van der Waals surface area contributed by atoms with E-state index in [9.17, 15) is 4.79 Å². The van der Waals surface area contributed by atoms with Crippen LogP contribution in [-0.2, 0) is 0 Å². The second-order valence-electron chi connectivity index (χ2n) is 3.93. The summed E-state index contributed by atoms with van der Waals surface area (Å²) in [5, 5.41) is 0. The van der Waals surface area contributed by atoms with Gasteiger partial charge >= 0.3 is 0 Å². The van der Waals surface area contributed by atoms with Gasteiger partial charge in [0.1, 0.15) is 17.1 Å². The number of ketones is 1. The first kappa shape index (κ1) is 13.9. The monoisotopic (exact) mass is 273 g/mol. The average Bonchev–Trinajstić information content (AvgIpc) is 2.53. The first-order valence-corrected chi connectivity index (χ1v) is 5.97. The van der Waals surface area contributed by atoms with Crippen LogP contribution in [-0.4, -0.2) is 32.1 Å². The predicted molar refractivity (Wildman–Crippen MR) is 73.8 cm³/mol. The number of pyridine rings is 1. The molecular weight excluding hydrogens is 258 g/mol. The van der Waals surface area contributed by atoms with Crippen molar-refractivity contribution in [2.75, 3.05) is 21.3 Å². The zero-order valence-corrected chi connectivity index (χ0v) is 11.5. The van der Waals surface area contributed by atoms with Crippen LogP contribution >= 0.6 is 0 Å². The van der Waals surface area contributed by atoms with E-state index in [1.54, 1.807) is 36.5 Å². The van der Waals surface area contributed by atoms with Gasteiger partial charge in [0.05, 0.1) is 26.9 Å². The van der Waals surface area contributed by atoms with Crippen molar-refractivity contribution in [3.8, 4) is 17.4 Å². The summed E-state index contributed by atoms with van der Waals surface area (Å²) in [6.07, 6.45) is 1.56. The number of ether oxygens (including phenoxy) is 3. The number of nitrogens with zero attached hydrogens (tertiary/aromatic N) is 1. The second-order valence-corrected chi connectivity index (χ2v) is 3.93. The van der Waals surface area contributed by atoms with Crippen LogP contribution in [0.25, 0.3) is 0 Å². The minimum absolute atomic E-state index is 0.260. The van der Waals surface area contributed by atoms with Crippen molar-refractivity contribution in [3.63, 3.8) is 0 Å². The molecule has 0 fully saturated rings. The molecule has 5 heteroatoms. The number of rotatable bonds is 5. The predicted octanol–water partition coefficient (Wildman–Crippen LogP) is 2.34. The molecule has 0 amide bonds. The van der Waals surface area contributed by atoms with Gasteiger partial charge in [-0.25, -0.2) is 4.98 Å². The zero-order valence-electron chi connectivity index (χ0n) is 11.5. The maximum absolute atomic E-state index is 12.7. The number of benzene rings is 1. The summed E-state index contributed by atoms with van der Waals surface area (Å²) >= 11 is 0. The summed E-state index contributed by atoms with van der Waals surface area (Å²) in [6.45, 7) is 0. The fourth-order valence-electron chi connectivity index (χ4n) is 1.94. The number of hydrogen-bond donors (Lipinski definition) is 0. The summed E-state index contributed by atoms with van der Waals surface area (Å²) in [4.78, 5) is 16.7. The molecule has 0 aliphatic carbocycles.